The maximum Gasteiger partial charge on any atom is 0.261 e. The summed E-state index contributed by atoms with van der Waals surface area (Å²) in [5.41, 5.74) is 1.59. The van der Waals surface area contributed by atoms with Gasteiger partial charge in [-0.1, -0.05) is 30.3 Å². The van der Waals surface area contributed by atoms with Gasteiger partial charge in [0.05, 0.1) is 4.90 Å². The standard InChI is InChI=1S/C13H13NO2S/c1-11-6-5-7-12(10-11)14-17(15,16)13-8-3-2-4-9-13/h2-10,14H,1H3. The van der Waals surface area contributed by atoms with Crippen LogP contribution in [0.2, 0.25) is 0 Å². The van der Waals surface area contributed by atoms with E-state index in [9.17, 15) is 8.42 Å². The van der Waals surface area contributed by atoms with E-state index in [2.05, 4.69) is 4.72 Å². The molecule has 0 fully saturated rings. The van der Waals surface area contributed by atoms with E-state index in [0.717, 1.165) is 5.56 Å². The largest absolute Gasteiger partial charge is 0.280 e. The molecule has 0 saturated carbocycles. The number of hydrogen-bond donors (Lipinski definition) is 1. The van der Waals surface area contributed by atoms with Gasteiger partial charge in [-0.2, -0.15) is 0 Å². The fraction of sp³-hybridized carbons (Fsp3) is 0.0769. The molecule has 1 N–H and O–H groups in total. The van der Waals surface area contributed by atoms with Crippen LogP contribution in [0, 0.1) is 6.92 Å². The number of aryl methyl sites for hydroxylation is 1. The average molecular weight is 247 g/mol. The van der Waals surface area contributed by atoms with Gasteiger partial charge in [-0.25, -0.2) is 8.42 Å². The molecule has 0 atom stereocenters. The molecule has 0 amide bonds. The van der Waals surface area contributed by atoms with Crippen LogP contribution >= 0.6 is 0 Å². The molecule has 0 heterocycles. The van der Waals surface area contributed by atoms with Crippen molar-refractivity contribution in [2.45, 2.75) is 11.8 Å². The first-order valence-electron chi connectivity index (χ1n) is 5.22. The first kappa shape index (κ1) is 11.7. The zero-order valence-corrected chi connectivity index (χ0v) is 10.2. The van der Waals surface area contributed by atoms with Crippen LogP contribution in [-0.2, 0) is 10.0 Å². The lowest BCUT2D eigenvalue weighted by atomic mass is 10.2. The molecular formula is C13H13NO2S. The minimum absolute atomic E-state index is 0.265. The summed E-state index contributed by atoms with van der Waals surface area (Å²) in [5, 5.41) is 0. The number of anilines is 1. The first-order valence-corrected chi connectivity index (χ1v) is 6.71. The molecule has 0 aliphatic rings. The Balaban J connectivity index is 2.30. The van der Waals surface area contributed by atoms with Crippen LogP contribution in [0.5, 0.6) is 0 Å². The normalized spacial score (nSPS) is 11.1. The van der Waals surface area contributed by atoms with E-state index in [1.165, 1.54) is 0 Å². The monoisotopic (exact) mass is 247 g/mol. The SMILES string of the molecule is Cc1cccc(NS(=O)(=O)c2ccccc2)c1. The summed E-state index contributed by atoms with van der Waals surface area (Å²) in [6, 6.07) is 15.6. The van der Waals surface area contributed by atoms with Crippen LogP contribution in [-0.4, -0.2) is 8.42 Å². The summed E-state index contributed by atoms with van der Waals surface area (Å²) in [5.74, 6) is 0. The third kappa shape index (κ3) is 2.85. The van der Waals surface area contributed by atoms with Crippen LogP contribution in [0.1, 0.15) is 5.56 Å². The number of sulfonamides is 1. The molecule has 2 rings (SSSR count). The van der Waals surface area contributed by atoms with E-state index in [0.29, 0.717) is 5.69 Å². The van der Waals surface area contributed by atoms with E-state index < -0.39 is 10.0 Å². The van der Waals surface area contributed by atoms with E-state index in [1.807, 2.05) is 19.1 Å². The topological polar surface area (TPSA) is 46.2 Å². The summed E-state index contributed by atoms with van der Waals surface area (Å²) in [4.78, 5) is 0.265. The van der Waals surface area contributed by atoms with Crippen molar-refractivity contribution in [3.63, 3.8) is 0 Å². The molecule has 0 aromatic heterocycles. The van der Waals surface area contributed by atoms with Crippen LogP contribution in [0.3, 0.4) is 0 Å². The van der Waals surface area contributed by atoms with Gasteiger partial charge in [0.15, 0.2) is 0 Å². The zero-order valence-electron chi connectivity index (χ0n) is 9.42. The predicted molar refractivity (Wildman–Crippen MR) is 68.4 cm³/mol. The lowest BCUT2D eigenvalue weighted by molar-refractivity contribution is 0.601. The predicted octanol–water partition coefficient (Wildman–Crippen LogP) is 2.80. The zero-order chi connectivity index (χ0) is 12.3. The van der Waals surface area contributed by atoms with Gasteiger partial charge in [-0.3, -0.25) is 4.72 Å². The van der Waals surface area contributed by atoms with E-state index >= 15 is 0 Å². The molecule has 17 heavy (non-hydrogen) atoms. The average Bonchev–Trinajstić information content (AvgIpc) is 2.29. The van der Waals surface area contributed by atoms with Crippen molar-refractivity contribution < 1.29 is 8.42 Å². The highest BCUT2D eigenvalue weighted by Gasteiger charge is 2.12. The van der Waals surface area contributed by atoms with Crippen LogP contribution in [0.4, 0.5) is 5.69 Å². The maximum atomic E-state index is 12.0. The van der Waals surface area contributed by atoms with Crippen molar-refractivity contribution in [2.24, 2.45) is 0 Å². The molecule has 0 spiro atoms. The molecule has 0 radical (unpaired) electrons. The van der Waals surface area contributed by atoms with E-state index in [1.54, 1.807) is 42.5 Å². The summed E-state index contributed by atoms with van der Waals surface area (Å²) in [7, 11) is -3.48. The Morgan fingerprint density at radius 3 is 2.29 bits per heavy atom. The third-order valence-electron chi connectivity index (χ3n) is 2.32. The highest BCUT2D eigenvalue weighted by molar-refractivity contribution is 7.92. The molecular weight excluding hydrogens is 234 g/mol. The Morgan fingerprint density at radius 1 is 0.941 bits per heavy atom. The van der Waals surface area contributed by atoms with E-state index in [-0.39, 0.29) is 4.90 Å². The summed E-state index contributed by atoms with van der Waals surface area (Å²) < 4.78 is 26.6. The van der Waals surface area contributed by atoms with Crippen molar-refractivity contribution in [2.75, 3.05) is 4.72 Å². The van der Waals surface area contributed by atoms with Crippen molar-refractivity contribution in [1.29, 1.82) is 0 Å². The van der Waals surface area contributed by atoms with Gasteiger partial charge in [-0.15, -0.1) is 0 Å². The van der Waals surface area contributed by atoms with Crippen LogP contribution in [0.15, 0.2) is 59.5 Å². The molecule has 0 aliphatic heterocycles. The minimum Gasteiger partial charge on any atom is -0.280 e. The minimum atomic E-state index is -3.48. The lowest BCUT2D eigenvalue weighted by Gasteiger charge is -2.08. The number of hydrogen-bond acceptors (Lipinski definition) is 2. The molecule has 0 bridgehead atoms. The molecule has 0 aliphatic carbocycles. The van der Waals surface area contributed by atoms with Gasteiger partial charge >= 0.3 is 0 Å². The number of nitrogens with one attached hydrogen (secondary N) is 1. The Morgan fingerprint density at radius 2 is 1.65 bits per heavy atom. The van der Waals surface area contributed by atoms with Gasteiger partial charge in [0.25, 0.3) is 10.0 Å². The van der Waals surface area contributed by atoms with Crippen molar-refractivity contribution in [3.8, 4) is 0 Å². The summed E-state index contributed by atoms with van der Waals surface area (Å²) >= 11 is 0. The molecule has 0 unspecified atom stereocenters. The maximum absolute atomic E-state index is 12.0. The highest BCUT2D eigenvalue weighted by Crippen LogP contribution is 2.16. The van der Waals surface area contributed by atoms with Gasteiger partial charge in [0, 0.05) is 5.69 Å². The Labute approximate surface area is 101 Å². The van der Waals surface area contributed by atoms with Crippen molar-refractivity contribution in [3.05, 3.63) is 60.2 Å². The molecule has 4 heteroatoms. The van der Waals surface area contributed by atoms with Gasteiger partial charge in [0.1, 0.15) is 0 Å². The molecule has 0 saturated heterocycles. The summed E-state index contributed by atoms with van der Waals surface area (Å²) in [6.07, 6.45) is 0. The first-order chi connectivity index (χ1) is 8.08. The number of rotatable bonds is 3. The summed E-state index contributed by atoms with van der Waals surface area (Å²) in [6.45, 7) is 1.92. The fourth-order valence-corrected chi connectivity index (χ4v) is 2.59. The van der Waals surface area contributed by atoms with Gasteiger partial charge in [-0.05, 0) is 36.8 Å². The molecule has 2 aromatic carbocycles. The lowest BCUT2D eigenvalue weighted by Crippen LogP contribution is -2.12. The van der Waals surface area contributed by atoms with Crippen LogP contribution in [0.25, 0.3) is 0 Å². The molecule has 88 valence electrons. The second kappa shape index (κ2) is 4.59. The Kier molecular flexibility index (Phi) is 3.15. The van der Waals surface area contributed by atoms with Crippen molar-refractivity contribution in [1.82, 2.24) is 0 Å². The Hall–Kier alpha value is -1.81. The van der Waals surface area contributed by atoms with Crippen LogP contribution < -0.4 is 4.72 Å². The molecule has 2 aromatic rings. The smallest absolute Gasteiger partial charge is 0.261 e. The quantitative estimate of drug-likeness (QED) is 0.906. The number of benzene rings is 2. The highest BCUT2D eigenvalue weighted by atomic mass is 32.2. The second-order valence-electron chi connectivity index (χ2n) is 3.79. The van der Waals surface area contributed by atoms with Crippen molar-refractivity contribution >= 4 is 15.7 Å². The van der Waals surface area contributed by atoms with Gasteiger partial charge < -0.3 is 0 Å². The van der Waals surface area contributed by atoms with E-state index in [4.69, 9.17) is 0 Å². The van der Waals surface area contributed by atoms with Gasteiger partial charge in [0.2, 0.25) is 0 Å². The fourth-order valence-electron chi connectivity index (χ4n) is 1.52. The molecule has 3 nitrogen and oxygen atoms in total. The Bertz CT molecular complexity index is 606. The second-order valence-corrected chi connectivity index (χ2v) is 5.47. The third-order valence-corrected chi connectivity index (χ3v) is 3.72.